The molecule has 10 heteroatoms. The van der Waals surface area contributed by atoms with E-state index in [1.165, 1.54) is 24.3 Å². The number of hydrogen-bond acceptors (Lipinski definition) is 6. The molecule has 1 aliphatic heterocycles. The largest absolute Gasteiger partial charge is 0.486 e. The first-order valence-electron chi connectivity index (χ1n) is 8.13. The van der Waals surface area contributed by atoms with Crippen LogP contribution in [-0.4, -0.2) is 29.3 Å². The molecule has 0 aliphatic carbocycles. The number of amides is 1. The van der Waals surface area contributed by atoms with Crippen molar-refractivity contribution < 1.29 is 32.0 Å². The maximum absolute atomic E-state index is 12.5. The average Bonchev–Trinajstić information content (AvgIpc) is 3.19. The van der Waals surface area contributed by atoms with Crippen LogP contribution in [0, 0.1) is 0 Å². The van der Waals surface area contributed by atoms with Gasteiger partial charge in [-0.1, -0.05) is 23.4 Å². The molecule has 4 rings (SSSR count). The van der Waals surface area contributed by atoms with Gasteiger partial charge in [-0.2, -0.15) is 18.2 Å². The molecule has 1 aromatic heterocycles. The number of para-hydroxylation sites is 1. The second kappa shape index (κ2) is 6.87. The van der Waals surface area contributed by atoms with Crippen LogP contribution < -0.4 is 14.8 Å². The molecule has 1 amide bonds. The summed E-state index contributed by atoms with van der Waals surface area (Å²) in [6.07, 6.45) is -4.72. The maximum atomic E-state index is 12.5. The Bertz CT molecular complexity index is 1020. The Balaban J connectivity index is 1.51. The third kappa shape index (κ3) is 3.48. The number of fused-ring (bicyclic) bond motifs is 1. The van der Waals surface area contributed by atoms with Crippen LogP contribution in [0.3, 0.4) is 0 Å². The monoisotopic (exact) mass is 391 g/mol. The Hall–Kier alpha value is -3.56. The summed E-state index contributed by atoms with van der Waals surface area (Å²) in [7, 11) is 0. The molecular formula is C18H12F3N3O4. The van der Waals surface area contributed by atoms with Gasteiger partial charge >= 0.3 is 12.1 Å². The van der Waals surface area contributed by atoms with Crippen molar-refractivity contribution in [2.24, 2.45) is 0 Å². The average molecular weight is 391 g/mol. The first-order chi connectivity index (χ1) is 13.4. The zero-order chi connectivity index (χ0) is 19.7. The topological polar surface area (TPSA) is 86.5 Å². The highest BCUT2D eigenvalue weighted by atomic mass is 19.4. The molecule has 0 spiro atoms. The van der Waals surface area contributed by atoms with Crippen LogP contribution in [-0.2, 0) is 6.18 Å². The molecule has 0 saturated heterocycles. The van der Waals surface area contributed by atoms with Crippen LogP contribution in [0.2, 0.25) is 0 Å². The Morgan fingerprint density at radius 1 is 1.04 bits per heavy atom. The van der Waals surface area contributed by atoms with Gasteiger partial charge in [-0.3, -0.25) is 4.79 Å². The molecule has 0 atom stereocenters. The highest BCUT2D eigenvalue weighted by molar-refractivity contribution is 6.05. The van der Waals surface area contributed by atoms with Crippen molar-refractivity contribution in [1.29, 1.82) is 0 Å². The van der Waals surface area contributed by atoms with Gasteiger partial charge in [-0.05, 0) is 24.3 Å². The van der Waals surface area contributed by atoms with E-state index in [0.717, 1.165) is 0 Å². The van der Waals surface area contributed by atoms with Crippen LogP contribution >= 0.6 is 0 Å². The number of halogens is 3. The third-order valence-electron chi connectivity index (χ3n) is 3.89. The van der Waals surface area contributed by atoms with Crippen molar-refractivity contribution in [3.63, 3.8) is 0 Å². The molecule has 2 heterocycles. The number of anilines is 1. The van der Waals surface area contributed by atoms with Crippen LogP contribution in [0.25, 0.3) is 11.4 Å². The quantitative estimate of drug-likeness (QED) is 0.731. The molecule has 28 heavy (non-hydrogen) atoms. The van der Waals surface area contributed by atoms with Crippen LogP contribution in [0.15, 0.2) is 47.0 Å². The SMILES string of the molecule is O=C(Nc1cccc2c1OCCO2)c1ccc(-c2noc(C(F)(F)F)n2)cc1. The standard InChI is InChI=1S/C18H12F3N3O4/c19-18(20,21)17-23-15(24-28-17)10-4-6-11(7-5-10)16(25)22-12-2-1-3-13-14(12)27-9-8-26-13/h1-7H,8-9H2,(H,22,25). The molecule has 3 aromatic rings. The minimum Gasteiger partial charge on any atom is -0.486 e. The Labute approximate surface area is 156 Å². The number of nitrogens with one attached hydrogen (secondary N) is 1. The zero-order valence-corrected chi connectivity index (χ0v) is 14.1. The van der Waals surface area contributed by atoms with Crippen molar-refractivity contribution in [2.75, 3.05) is 18.5 Å². The number of hydrogen-bond donors (Lipinski definition) is 1. The first kappa shape index (κ1) is 17.8. The summed E-state index contributed by atoms with van der Waals surface area (Å²) in [5.74, 6) is -1.08. The van der Waals surface area contributed by atoms with Gasteiger partial charge in [0.25, 0.3) is 5.91 Å². The summed E-state index contributed by atoms with van der Waals surface area (Å²) in [6, 6.07) is 10.9. The normalized spacial score (nSPS) is 13.2. The van der Waals surface area contributed by atoms with Gasteiger partial charge in [0, 0.05) is 11.1 Å². The number of alkyl halides is 3. The van der Waals surface area contributed by atoms with Gasteiger partial charge in [0.1, 0.15) is 13.2 Å². The van der Waals surface area contributed by atoms with Gasteiger partial charge in [0.2, 0.25) is 5.82 Å². The van der Waals surface area contributed by atoms with Crippen molar-refractivity contribution in [1.82, 2.24) is 10.1 Å². The van der Waals surface area contributed by atoms with E-state index < -0.39 is 18.0 Å². The molecule has 1 aliphatic rings. The molecule has 7 nitrogen and oxygen atoms in total. The first-order valence-corrected chi connectivity index (χ1v) is 8.13. The van der Waals surface area contributed by atoms with E-state index in [1.54, 1.807) is 18.2 Å². The van der Waals surface area contributed by atoms with Crippen molar-refractivity contribution in [3.05, 3.63) is 53.9 Å². The van der Waals surface area contributed by atoms with Crippen molar-refractivity contribution >= 4 is 11.6 Å². The predicted molar refractivity (Wildman–Crippen MR) is 90.1 cm³/mol. The number of benzene rings is 2. The molecule has 0 bridgehead atoms. The molecule has 144 valence electrons. The number of aromatic nitrogens is 2. The van der Waals surface area contributed by atoms with Gasteiger partial charge in [-0.25, -0.2) is 0 Å². The Kier molecular flexibility index (Phi) is 4.38. The highest BCUT2D eigenvalue weighted by Crippen LogP contribution is 2.37. The summed E-state index contributed by atoms with van der Waals surface area (Å²) >= 11 is 0. The number of carbonyl (C=O) groups excluding carboxylic acids is 1. The molecule has 0 saturated carbocycles. The van der Waals surface area contributed by atoms with E-state index in [4.69, 9.17) is 9.47 Å². The Morgan fingerprint density at radius 3 is 2.50 bits per heavy atom. The van der Waals surface area contributed by atoms with E-state index in [2.05, 4.69) is 20.0 Å². The van der Waals surface area contributed by atoms with E-state index in [-0.39, 0.29) is 17.0 Å². The fourth-order valence-corrected chi connectivity index (χ4v) is 2.59. The second-order valence-corrected chi connectivity index (χ2v) is 5.78. The van der Waals surface area contributed by atoms with Crippen LogP contribution in [0.4, 0.5) is 18.9 Å². The molecule has 0 radical (unpaired) electrons. The number of ether oxygens (including phenoxy) is 2. The van der Waals surface area contributed by atoms with Crippen molar-refractivity contribution in [3.8, 4) is 22.9 Å². The second-order valence-electron chi connectivity index (χ2n) is 5.78. The lowest BCUT2D eigenvalue weighted by Crippen LogP contribution is -2.18. The lowest BCUT2D eigenvalue weighted by molar-refractivity contribution is -0.159. The third-order valence-corrected chi connectivity index (χ3v) is 3.89. The van der Waals surface area contributed by atoms with Gasteiger partial charge in [0.15, 0.2) is 11.5 Å². The van der Waals surface area contributed by atoms with Gasteiger partial charge in [-0.15, -0.1) is 0 Å². The number of nitrogens with zero attached hydrogens (tertiary/aromatic N) is 2. The lowest BCUT2D eigenvalue weighted by Gasteiger charge is -2.21. The fourth-order valence-electron chi connectivity index (χ4n) is 2.59. The molecular weight excluding hydrogens is 379 g/mol. The summed E-state index contributed by atoms with van der Waals surface area (Å²) in [4.78, 5) is 15.8. The Morgan fingerprint density at radius 2 is 1.79 bits per heavy atom. The molecule has 1 N–H and O–H groups in total. The van der Waals surface area contributed by atoms with E-state index >= 15 is 0 Å². The summed E-state index contributed by atoms with van der Waals surface area (Å²) in [5, 5.41) is 6.03. The van der Waals surface area contributed by atoms with Crippen molar-refractivity contribution in [2.45, 2.75) is 6.18 Å². The van der Waals surface area contributed by atoms with Gasteiger partial charge < -0.3 is 19.3 Å². The zero-order valence-electron chi connectivity index (χ0n) is 14.1. The number of carbonyl (C=O) groups is 1. The lowest BCUT2D eigenvalue weighted by atomic mass is 10.1. The smallest absolute Gasteiger partial charge is 0.471 e. The minimum absolute atomic E-state index is 0.220. The predicted octanol–water partition coefficient (Wildman–Crippen LogP) is 3.78. The fraction of sp³-hybridized carbons (Fsp3) is 0.167. The van der Waals surface area contributed by atoms with E-state index in [1.807, 2.05) is 0 Å². The maximum Gasteiger partial charge on any atom is 0.471 e. The highest BCUT2D eigenvalue weighted by Gasteiger charge is 2.38. The molecule has 0 unspecified atom stereocenters. The molecule has 0 fully saturated rings. The number of rotatable bonds is 3. The minimum atomic E-state index is -4.72. The van der Waals surface area contributed by atoms with Gasteiger partial charge in [0.05, 0.1) is 5.69 Å². The summed E-state index contributed by atoms with van der Waals surface area (Å²) in [5.41, 5.74) is 1.03. The van der Waals surface area contributed by atoms with Crippen LogP contribution in [0.1, 0.15) is 16.2 Å². The van der Waals surface area contributed by atoms with E-state index in [0.29, 0.717) is 30.4 Å². The molecule has 2 aromatic carbocycles. The summed E-state index contributed by atoms with van der Waals surface area (Å²) in [6.45, 7) is 0.803. The van der Waals surface area contributed by atoms with E-state index in [9.17, 15) is 18.0 Å². The van der Waals surface area contributed by atoms with Crippen LogP contribution in [0.5, 0.6) is 11.5 Å². The summed E-state index contributed by atoms with van der Waals surface area (Å²) < 4.78 is 52.8.